The molecule has 1 aromatic heterocycles. The first kappa shape index (κ1) is 12.0. The Morgan fingerprint density at radius 2 is 2.41 bits per heavy atom. The van der Waals surface area contributed by atoms with Crippen molar-refractivity contribution in [2.24, 2.45) is 0 Å². The summed E-state index contributed by atoms with van der Waals surface area (Å²) in [5, 5.41) is 18.3. The van der Waals surface area contributed by atoms with Gasteiger partial charge in [0, 0.05) is 19.6 Å². The molecule has 1 aliphatic heterocycles. The van der Waals surface area contributed by atoms with Crippen LogP contribution >= 0.6 is 0 Å². The molecule has 1 saturated heterocycles. The molecule has 0 spiro atoms. The van der Waals surface area contributed by atoms with Crippen molar-refractivity contribution in [3.05, 3.63) is 11.9 Å². The molecule has 1 unspecified atom stereocenters. The van der Waals surface area contributed by atoms with Gasteiger partial charge in [0.05, 0.1) is 18.0 Å². The van der Waals surface area contributed by atoms with Gasteiger partial charge in [-0.3, -0.25) is 5.10 Å². The van der Waals surface area contributed by atoms with Gasteiger partial charge in [0.2, 0.25) is 10.0 Å². The predicted molar refractivity (Wildman–Crippen MR) is 59.5 cm³/mol. The molecule has 17 heavy (non-hydrogen) atoms. The van der Waals surface area contributed by atoms with Crippen molar-refractivity contribution in [2.75, 3.05) is 19.6 Å². The van der Waals surface area contributed by atoms with Crippen LogP contribution in [0.25, 0.3) is 0 Å². The summed E-state index contributed by atoms with van der Waals surface area (Å²) in [6.07, 6.45) is 1.28. The first-order valence-corrected chi connectivity index (χ1v) is 6.63. The number of nitrogens with one attached hydrogen (secondary N) is 2. The van der Waals surface area contributed by atoms with Gasteiger partial charge in [-0.15, -0.1) is 0 Å². The summed E-state index contributed by atoms with van der Waals surface area (Å²) in [4.78, 5) is 0.139. The lowest BCUT2D eigenvalue weighted by atomic mass is 10.3. The zero-order valence-electron chi connectivity index (χ0n) is 9.34. The lowest BCUT2D eigenvalue weighted by molar-refractivity contribution is 0.311. The molecule has 2 heterocycles. The second-order valence-electron chi connectivity index (χ2n) is 3.82. The number of aryl methyl sites for hydroxylation is 1. The number of sulfonamides is 1. The van der Waals surface area contributed by atoms with E-state index in [9.17, 15) is 8.42 Å². The average Bonchev–Trinajstić information content (AvgIpc) is 2.76. The van der Waals surface area contributed by atoms with E-state index >= 15 is 0 Å². The highest BCUT2D eigenvalue weighted by Gasteiger charge is 2.34. The van der Waals surface area contributed by atoms with Gasteiger partial charge in [-0.25, -0.2) is 8.42 Å². The smallest absolute Gasteiger partial charge is 0.247 e. The normalized spacial score (nSPS) is 22.2. The second-order valence-corrected chi connectivity index (χ2v) is 5.68. The number of aromatic amines is 1. The Morgan fingerprint density at radius 1 is 1.65 bits per heavy atom. The fourth-order valence-corrected chi connectivity index (χ4v) is 3.47. The van der Waals surface area contributed by atoms with Gasteiger partial charge in [0.25, 0.3) is 0 Å². The third-order valence-corrected chi connectivity index (χ3v) is 4.74. The predicted octanol–water partition coefficient (Wildman–Crippen LogP) is -0.796. The molecule has 7 nitrogen and oxygen atoms in total. The Balaban J connectivity index is 2.39. The van der Waals surface area contributed by atoms with Crippen molar-refractivity contribution in [3.63, 3.8) is 0 Å². The number of rotatable bonds is 2. The highest BCUT2D eigenvalue weighted by Crippen LogP contribution is 2.20. The minimum atomic E-state index is -3.63. The Labute approximate surface area is 99.5 Å². The van der Waals surface area contributed by atoms with E-state index < -0.39 is 16.1 Å². The molecule has 1 aliphatic rings. The van der Waals surface area contributed by atoms with Gasteiger partial charge < -0.3 is 5.32 Å². The molecule has 0 aromatic carbocycles. The Morgan fingerprint density at radius 3 is 3.00 bits per heavy atom. The van der Waals surface area contributed by atoms with Gasteiger partial charge in [-0.05, 0) is 6.92 Å². The van der Waals surface area contributed by atoms with E-state index in [1.807, 2.05) is 6.07 Å². The van der Waals surface area contributed by atoms with E-state index in [1.54, 1.807) is 6.92 Å². The number of nitriles is 1. The van der Waals surface area contributed by atoms with Crippen molar-refractivity contribution in [2.45, 2.75) is 17.9 Å². The molecule has 0 radical (unpaired) electrons. The third-order valence-electron chi connectivity index (χ3n) is 2.71. The van der Waals surface area contributed by atoms with E-state index in [4.69, 9.17) is 5.26 Å². The fourth-order valence-electron chi connectivity index (χ4n) is 1.81. The quantitative estimate of drug-likeness (QED) is 0.720. The van der Waals surface area contributed by atoms with Gasteiger partial charge in [0.15, 0.2) is 0 Å². The van der Waals surface area contributed by atoms with Crippen molar-refractivity contribution >= 4 is 10.0 Å². The Hall–Kier alpha value is -1.43. The summed E-state index contributed by atoms with van der Waals surface area (Å²) in [5.41, 5.74) is 0.486. The summed E-state index contributed by atoms with van der Waals surface area (Å²) < 4.78 is 25.9. The average molecular weight is 255 g/mol. The maximum atomic E-state index is 12.3. The van der Waals surface area contributed by atoms with Crippen molar-refractivity contribution in [3.8, 4) is 6.07 Å². The van der Waals surface area contributed by atoms with Crippen LogP contribution in [0.5, 0.6) is 0 Å². The highest BCUT2D eigenvalue weighted by molar-refractivity contribution is 7.89. The summed E-state index contributed by atoms with van der Waals surface area (Å²) >= 11 is 0. The molecule has 2 rings (SSSR count). The Kier molecular flexibility index (Phi) is 3.15. The Bertz CT molecular complexity index is 544. The zero-order valence-corrected chi connectivity index (χ0v) is 10.2. The van der Waals surface area contributed by atoms with Crippen LogP contribution in [-0.4, -0.2) is 48.6 Å². The number of H-pyrrole nitrogens is 1. The molecule has 0 saturated carbocycles. The monoisotopic (exact) mass is 255 g/mol. The van der Waals surface area contributed by atoms with Crippen molar-refractivity contribution in [1.29, 1.82) is 5.26 Å². The molecule has 1 atom stereocenters. The minimum absolute atomic E-state index is 0.139. The van der Waals surface area contributed by atoms with Crippen molar-refractivity contribution in [1.82, 2.24) is 19.8 Å². The zero-order chi connectivity index (χ0) is 12.5. The SMILES string of the molecule is Cc1[nH]ncc1S(=O)(=O)N1CCNCC1C#N. The maximum Gasteiger partial charge on any atom is 0.247 e. The molecular weight excluding hydrogens is 242 g/mol. The lowest BCUT2D eigenvalue weighted by Gasteiger charge is -2.30. The molecule has 8 heteroatoms. The first-order chi connectivity index (χ1) is 8.07. The van der Waals surface area contributed by atoms with Crippen molar-refractivity contribution < 1.29 is 8.42 Å². The van der Waals surface area contributed by atoms with E-state index in [0.717, 1.165) is 0 Å². The van der Waals surface area contributed by atoms with Crippen LogP contribution in [0.15, 0.2) is 11.1 Å². The maximum absolute atomic E-state index is 12.3. The summed E-state index contributed by atoms with van der Waals surface area (Å²) in [6, 6.07) is 1.33. The van der Waals surface area contributed by atoms with Gasteiger partial charge in [0.1, 0.15) is 10.9 Å². The topological polar surface area (TPSA) is 102 Å². The minimum Gasteiger partial charge on any atom is -0.313 e. The molecule has 0 bridgehead atoms. The van der Waals surface area contributed by atoms with Crippen LogP contribution in [0, 0.1) is 18.3 Å². The molecule has 2 N–H and O–H groups in total. The highest BCUT2D eigenvalue weighted by atomic mass is 32.2. The van der Waals surface area contributed by atoms with Crippen LogP contribution in [-0.2, 0) is 10.0 Å². The van der Waals surface area contributed by atoms with Gasteiger partial charge in [-0.2, -0.15) is 14.7 Å². The molecule has 0 aliphatic carbocycles. The van der Waals surface area contributed by atoms with E-state index in [-0.39, 0.29) is 4.90 Å². The van der Waals surface area contributed by atoms with Crippen LogP contribution in [0.3, 0.4) is 0 Å². The van der Waals surface area contributed by atoms with Crippen LogP contribution in [0.4, 0.5) is 0 Å². The van der Waals surface area contributed by atoms with Crippen LogP contribution in [0.2, 0.25) is 0 Å². The number of piperazine rings is 1. The number of nitrogens with zero attached hydrogens (tertiary/aromatic N) is 3. The fraction of sp³-hybridized carbons (Fsp3) is 0.556. The summed E-state index contributed by atoms with van der Waals surface area (Å²) in [5.74, 6) is 0. The molecule has 92 valence electrons. The standard InChI is InChI=1S/C9H13N5O2S/c1-7-9(6-12-13-7)17(15,16)14-3-2-11-5-8(14)4-10/h6,8,11H,2-3,5H2,1H3,(H,12,13). The second kappa shape index (κ2) is 4.44. The van der Waals surface area contributed by atoms with E-state index in [1.165, 1.54) is 10.5 Å². The number of hydrogen-bond acceptors (Lipinski definition) is 5. The number of hydrogen-bond donors (Lipinski definition) is 2. The van der Waals surface area contributed by atoms with E-state index in [0.29, 0.717) is 25.3 Å². The summed E-state index contributed by atoms with van der Waals surface area (Å²) in [6.45, 7) is 2.84. The molecule has 1 aromatic rings. The third kappa shape index (κ3) is 2.04. The summed E-state index contributed by atoms with van der Waals surface area (Å²) in [7, 11) is -3.63. The molecular formula is C9H13N5O2S. The number of aromatic nitrogens is 2. The molecule has 1 fully saturated rings. The van der Waals surface area contributed by atoms with Gasteiger partial charge in [-0.1, -0.05) is 0 Å². The van der Waals surface area contributed by atoms with E-state index in [2.05, 4.69) is 15.5 Å². The van der Waals surface area contributed by atoms with Crippen LogP contribution in [0.1, 0.15) is 5.69 Å². The molecule has 0 amide bonds. The van der Waals surface area contributed by atoms with Crippen LogP contribution < -0.4 is 5.32 Å². The largest absolute Gasteiger partial charge is 0.313 e. The van der Waals surface area contributed by atoms with Gasteiger partial charge >= 0.3 is 0 Å². The lowest BCUT2D eigenvalue weighted by Crippen LogP contribution is -2.52. The first-order valence-electron chi connectivity index (χ1n) is 5.19.